The first-order valence-corrected chi connectivity index (χ1v) is 10.2. The summed E-state index contributed by atoms with van der Waals surface area (Å²) < 4.78 is 28.0. The summed E-state index contributed by atoms with van der Waals surface area (Å²) >= 11 is 0. The third-order valence-corrected chi connectivity index (χ3v) is 6.44. The van der Waals surface area contributed by atoms with Gasteiger partial charge in [-0.2, -0.15) is 9.40 Å². The molecule has 146 valence electrons. The number of rotatable bonds is 6. The van der Waals surface area contributed by atoms with Crippen LogP contribution in [0.25, 0.3) is 5.69 Å². The van der Waals surface area contributed by atoms with Gasteiger partial charge in [-0.1, -0.05) is 6.07 Å². The highest BCUT2D eigenvalue weighted by Crippen LogP contribution is 2.19. The standard InChI is InChI=1S/C20H22N4O3S/c1-15(2)23(3)28(26,27)19-10-8-16(9-11-19)20(25)22-17-6-4-7-18(14-17)24-13-5-12-21-24/h4-15H,1-3H3,(H,22,25). The predicted octanol–water partition coefficient (Wildman–Crippen LogP) is 3.15. The van der Waals surface area contributed by atoms with Crippen molar-refractivity contribution < 1.29 is 13.2 Å². The lowest BCUT2D eigenvalue weighted by Gasteiger charge is -2.21. The van der Waals surface area contributed by atoms with Crippen LogP contribution in [0.4, 0.5) is 5.69 Å². The molecule has 1 heterocycles. The quantitative estimate of drug-likeness (QED) is 0.691. The van der Waals surface area contributed by atoms with E-state index in [0.29, 0.717) is 11.3 Å². The normalized spacial score (nSPS) is 11.8. The molecule has 0 bridgehead atoms. The Balaban J connectivity index is 1.76. The third-order valence-electron chi connectivity index (χ3n) is 4.39. The van der Waals surface area contributed by atoms with Crippen molar-refractivity contribution in [3.8, 4) is 5.69 Å². The zero-order chi connectivity index (χ0) is 20.3. The van der Waals surface area contributed by atoms with Crippen LogP contribution in [0.1, 0.15) is 24.2 Å². The number of benzene rings is 2. The highest BCUT2D eigenvalue weighted by molar-refractivity contribution is 7.89. The van der Waals surface area contributed by atoms with Gasteiger partial charge in [0.2, 0.25) is 10.0 Å². The van der Waals surface area contributed by atoms with Gasteiger partial charge in [-0.25, -0.2) is 13.1 Å². The summed E-state index contributed by atoms with van der Waals surface area (Å²) in [5, 5.41) is 6.99. The first-order chi connectivity index (χ1) is 13.3. The predicted molar refractivity (Wildman–Crippen MR) is 108 cm³/mol. The second kappa shape index (κ2) is 7.95. The molecule has 0 aliphatic carbocycles. The summed E-state index contributed by atoms with van der Waals surface area (Å²) in [6, 6.07) is 14.9. The van der Waals surface area contributed by atoms with Crippen LogP contribution in [0.5, 0.6) is 0 Å². The minimum atomic E-state index is -3.58. The van der Waals surface area contributed by atoms with Crippen LogP contribution >= 0.6 is 0 Å². The lowest BCUT2D eigenvalue weighted by atomic mass is 10.2. The van der Waals surface area contributed by atoms with Gasteiger partial charge < -0.3 is 5.32 Å². The molecule has 2 aromatic carbocycles. The Bertz CT molecular complexity index is 1060. The fourth-order valence-corrected chi connectivity index (χ4v) is 3.94. The number of hydrogen-bond acceptors (Lipinski definition) is 4. The molecule has 7 nitrogen and oxygen atoms in total. The van der Waals surface area contributed by atoms with Crippen LogP contribution in [-0.2, 0) is 10.0 Å². The number of nitrogens with zero attached hydrogens (tertiary/aromatic N) is 3. The summed E-state index contributed by atoms with van der Waals surface area (Å²) in [5.74, 6) is -0.321. The van der Waals surface area contributed by atoms with Crippen molar-refractivity contribution >= 4 is 21.6 Å². The molecule has 0 radical (unpaired) electrons. The zero-order valence-corrected chi connectivity index (χ0v) is 16.7. The molecule has 1 N–H and O–H groups in total. The maximum Gasteiger partial charge on any atom is 0.255 e. The van der Waals surface area contributed by atoms with Crippen LogP contribution in [0.2, 0.25) is 0 Å². The molecule has 3 rings (SSSR count). The molecule has 0 saturated carbocycles. The van der Waals surface area contributed by atoms with Crippen molar-refractivity contribution in [3.05, 3.63) is 72.6 Å². The Kier molecular flexibility index (Phi) is 5.62. The van der Waals surface area contributed by atoms with Gasteiger partial charge in [-0.15, -0.1) is 0 Å². The number of aromatic nitrogens is 2. The highest BCUT2D eigenvalue weighted by Gasteiger charge is 2.23. The average Bonchev–Trinajstić information content (AvgIpc) is 3.22. The number of anilines is 1. The number of sulfonamides is 1. The second-order valence-corrected chi connectivity index (χ2v) is 8.59. The molecular weight excluding hydrogens is 376 g/mol. The maximum atomic E-state index is 12.5. The molecule has 0 unspecified atom stereocenters. The molecule has 0 atom stereocenters. The first kappa shape index (κ1) is 19.8. The van der Waals surface area contributed by atoms with Crippen LogP contribution in [0.3, 0.4) is 0 Å². The number of amides is 1. The van der Waals surface area contributed by atoms with Crippen molar-refractivity contribution in [3.63, 3.8) is 0 Å². The fraction of sp³-hybridized carbons (Fsp3) is 0.200. The monoisotopic (exact) mass is 398 g/mol. The van der Waals surface area contributed by atoms with Crippen LogP contribution in [0, 0.1) is 0 Å². The molecule has 28 heavy (non-hydrogen) atoms. The Hall–Kier alpha value is -2.97. The number of carbonyl (C=O) groups is 1. The molecule has 0 aliphatic rings. The van der Waals surface area contributed by atoms with E-state index >= 15 is 0 Å². The Morgan fingerprint density at radius 1 is 1.11 bits per heavy atom. The van der Waals surface area contributed by atoms with E-state index in [9.17, 15) is 13.2 Å². The van der Waals surface area contributed by atoms with E-state index in [-0.39, 0.29) is 16.8 Å². The molecule has 8 heteroatoms. The van der Waals surface area contributed by atoms with Gasteiger partial charge >= 0.3 is 0 Å². The fourth-order valence-electron chi connectivity index (χ4n) is 2.57. The molecule has 1 aromatic heterocycles. The summed E-state index contributed by atoms with van der Waals surface area (Å²) in [4.78, 5) is 12.7. The summed E-state index contributed by atoms with van der Waals surface area (Å²) in [5.41, 5.74) is 1.81. The topological polar surface area (TPSA) is 84.3 Å². The van der Waals surface area contributed by atoms with E-state index in [1.165, 1.54) is 35.6 Å². The number of hydrogen-bond donors (Lipinski definition) is 1. The Morgan fingerprint density at radius 2 is 1.82 bits per heavy atom. The Labute approximate surface area is 164 Å². The van der Waals surface area contributed by atoms with E-state index in [2.05, 4.69) is 10.4 Å². The van der Waals surface area contributed by atoms with Crippen LogP contribution < -0.4 is 5.32 Å². The molecule has 3 aromatic rings. The maximum absolute atomic E-state index is 12.5. The molecular formula is C20H22N4O3S. The summed E-state index contributed by atoms with van der Waals surface area (Å²) in [6.07, 6.45) is 3.49. The highest BCUT2D eigenvalue weighted by atomic mass is 32.2. The lowest BCUT2D eigenvalue weighted by molar-refractivity contribution is 0.102. The molecule has 0 fully saturated rings. The van der Waals surface area contributed by atoms with E-state index in [1.54, 1.807) is 36.9 Å². The van der Waals surface area contributed by atoms with E-state index in [1.807, 2.05) is 24.4 Å². The van der Waals surface area contributed by atoms with Gasteiger partial charge in [0, 0.05) is 36.7 Å². The van der Waals surface area contributed by atoms with Crippen LogP contribution in [-0.4, -0.2) is 41.5 Å². The SMILES string of the molecule is CC(C)N(C)S(=O)(=O)c1ccc(C(=O)Nc2cccc(-n3cccn3)c2)cc1. The van der Waals surface area contributed by atoms with Gasteiger partial charge in [-0.05, 0) is 62.4 Å². The van der Waals surface area contributed by atoms with E-state index < -0.39 is 10.0 Å². The van der Waals surface area contributed by atoms with Gasteiger partial charge in [0.1, 0.15) is 0 Å². The number of carbonyl (C=O) groups excluding carboxylic acids is 1. The molecule has 0 spiro atoms. The van der Waals surface area contributed by atoms with E-state index in [4.69, 9.17) is 0 Å². The van der Waals surface area contributed by atoms with Crippen molar-refractivity contribution in [2.45, 2.75) is 24.8 Å². The molecule has 0 saturated heterocycles. The van der Waals surface area contributed by atoms with Crippen molar-refractivity contribution in [1.29, 1.82) is 0 Å². The van der Waals surface area contributed by atoms with E-state index in [0.717, 1.165) is 5.69 Å². The molecule has 1 amide bonds. The van der Waals surface area contributed by atoms with Gasteiger partial charge in [0.05, 0.1) is 10.6 Å². The van der Waals surface area contributed by atoms with Gasteiger partial charge in [0.25, 0.3) is 5.91 Å². The van der Waals surface area contributed by atoms with Gasteiger partial charge in [-0.3, -0.25) is 4.79 Å². The Morgan fingerprint density at radius 3 is 2.43 bits per heavy atom. The third kappa shape index (κ3) is 4.13. The van der Waals surface area contributed by atoms with Crippen molar-refractivity contribution in [1.82, 2.24) is 14.1 Å². The molecule has 0 aliphatic heterocycles. The minimum absolute atomic E-state index is 0.154. The summed E-state index contributed by atoms with van der Waals surface area (Å²) in [7, 11) is -2.04. The smallest absolute Gasteiger partial charge is 0.255 e. The zero-order valence-electron chi connectivity index (χ0n) is 15.9. The summed E-state index contributed by atoms with van der Waals surface area (Å²) in [6.45, 7) is 3.60. The number of nitrogens with one attached hydrogen (secondary N) is 1. The second-order valence-electron chi connectivity index (χ2n) is 6.59. The van der Waals surface area contributed by atoms with Crippen molar-refractivity contribution in [2.75, 3.05) is 12.4 Å². The van der Waals surface area contributed by atoms with Crippen LogP contribution in [0.15, 0.2) is 71.9 Å². The van der Waals surface area contributed by atoms with Gasteiger partial charge in [0.15, 0.2) is 0 Å². The van der Waals surface area contributed by atoms with Crippen molar-refractivity contribution in [2.24, 2.45) is 0 Å². The lowest BCUT2D eigenvalue weighted by Crippen LogP contribution is -2.33. The average molecular weight is 398 g/mol. The largest absolute Gasteiger partial charge is 0.322 e. The minimum Gasteiger partial charge on any atom is -0.322 e. The first-order valence-electron chi connectivity index (χ1n) is 8.78.